The largest absolute Gasteiger partial charge is 0.506 e. The summed E-state index contributed by atoms with van der Waals surface area (Å²) >= 11 is 5.92. The second kappa shape index (κ2) is 7.53. The maximum Gasteiger partial charge on any atom is 0.267 e. The van der Waals surface area contributed by atoms with Gasteiger partial charge in [-0.2, -0.15) is 5.26 Å². The first-order valence-corrected chi connectivity index (χ1v) is 7.52. The Bertz CT molecular complexity index is 854. The molecule has 2 aromatic carbocycles. The molecule has 0 aliphatic rings. The second-order valence-corrected chi connectivity index (χ2v) is 5.68. The lowest BCUT2D eigenvalue weighted by molar-refractivity contribution is -0.112. The predicted octanol–water partition coefficient (Wildman–Crippen LogP) is 4.12. The summed E-state index contributed by atoms with van der Waals surface area (Å²) in [6, 6.07) is 11.9. The van der Waals surface area contributed by atoms with Crippen LogP contribution in [-0.2, 0) is 4.79 Å². The van der Waals surface area contributed by atoms with Gasteiger partial charge in [0.25, 0.3) is 5.91 Å². The molecule has 0 aliphatic heterocycles. The molecule has 0 heterocycles. The minimum Gasteiger partial charge on any atom is -0.506 e. The first kappa shape index (κ1) is 17.4. The van der Waals surface area contributed by atoms with Crippen LogP contribution in [0.1, 0.15) is 11.1 Å². The van der Waals surface area contributed by atoms with Crippen LogP contribution in [0, 0.1) is 25.2 Å². The Kier molecular flexibility index (Phi) is 5.46. The number of amides is 1. The molecular formula is C18H16ClN3O2. The van der Waals surface area contributed by atoms with E-state index in [0.29, 0.717) is 16.4 Å². The topological polar surface area (TPSA) is 85.2 Å². The van der Waals surface area contributed by atoms with E-state index in [9.17, 15) is 15.2 Å². The van der Waals surface area contributed by atoms with E-state index < -0.39 is 5.91 Å². The predicted molar refractivity (Wildman–Crippen MR) is 95.0 cm³/mol. The van der Waals surface area contributed by atoms with Crippen LogP contribution in [0.5, 0.6) is 5.75 Å². The number of anilines is 2. The molecule has 0 atom stereocenters. The number of aromatic hydroxyl groups is 1. The van der Waals surface area contributed by atoms with Gasteiger partial charge in [-0.05, 0) is 49.2 Å². The van der Waals surface area contributed by atoms with E-state index >= 15 is 0 Å². The van der Waals surface area contributed by atoms with Crippen LogP contribution >= 0.6 is 11.6 Å². The monoisotopic (exact) mass is 341 g/mol. The van der Waals surface area contributed by atoms with E-state index in [1.54, 1.807) is 30.3 Å². The molecule has 2 aromatic rings. The van der Waals surface area contributed by atoms with Gasteiger partial charge in [0.1, 0.15) is 17.4 Å². The van der Waals surface area contributed by atoms with E-state index in [1.807, 2.05) is 19.9 Å². The van der Waals surface area contributed by atoms with Gasteiger partial charge in [-0.1, -0.05) is 23.7 Å². The van der Waals surface area contributed by atoms with E-state index in [2.05, 4.69) is 10.6 Å². The summed E-state index contributed by atoms with van der Waals surface area (Å²) in [5.74, 6) is -0.539. The van der Waals surface area contributed by atoms with Gasteiger partial charge in [0.15, 0.2) is 0 Å². The van der Waals surface area contributed by atoms with Crippen molar-refractivity contribution < 1.29 is 9.90 Å². The summed E-state index contributed by atoms with van der Waals surface area (Å²) in [6.45, 7) is 3.69. The number of nitriles is 1. The molecule has 0 bridgehead atoms. The maximum absolute atomic E-state index is 12.2. The number of benzene rings is 2. The standard InChI is InChI=1S/C18H16ClN3O2/c1-11-3-6-17(23)16(7-11)21-10-13(9-20)18(24)22-15-8-14(19)5-4-12(15)2/h3-8,10,21,23H,1-2H3,(H,22,24)/b13-10-. The molecule has 5 nitrogen and oxygen atoms in total. The molecule has 6 heteroatoms. The van der Waals surface area contributed by atoms with Gasteiger partial charge < -0.3 is 15.7 Å². The normalized spacial score (nSPS) is 10.8. The first-order valence-electron chi connectivity index (χ1n) is 7.14. The molecule has 0 saturated heterocycles. The molecule has 1 amide bonds. The third kappa shape index (κ3) is 4.28. The SMILES string of the molecule is Cc1ccc(O)c(N/C=C(/C#N)C(=O)Nc2cc(Cl)ccc2C)c1. The highest BCUT2D eigenvalue weighted by atomic mass is 35.5. The molecular weight excluding hydrogens is 326 g/mol. The molecule has 24 heavy (non-hydrogen) atoms. The zero-order valence-corrected chi connectivity index (χ0v) is 14.0. The molecule has 2 rings (SSSR count). The highest BCUT2D eigenvalue weighted by Crippen LogP contribution is 2.24. The van der Waals surface area contributed by atoms with Gasteiger partial charge in [-0.15, -0.1) is 0 Å². The van der Waals surface area contributed by atoms with Gasteiger partial charge in [0, 0.05) is 16.9 Å². The fourth-order valence-corrected chi connectivity index (χ4v) is 2.15. The van der Waals surface area contributed by atoms with Crippen molar-refractivity contribution in [2.45, 2.75) is 13.8 Å². The second-order valence-electron chi connectivity index (χ2n) is 5.25. The van der Waals surface area contributed by atoms with Crippen LogP contribution < -0.4 is 10.6 Å². The lowest BCUT2D eigenvalue weighted by Crippen LogP contribution is -2.15. The van der Waals surface area contributed by atoms with Crippen molar-refractivity contribution in [2.24, 2.45) is 0 Å². The number of aryl methyl sites for hydroxylation is 2. The average molecular weight is 342 g/mol. The number of rotatable bonds is 4. The Morgan fingerprint density at radius 3 is 2.67 bits per heavy atom. The van der Waals surface area contributed by atoms with Gasteiger partial charge in [-0.25, -0.2) is 0 Å². The molecule has 0 aromatic heterocycles. The molecule has 0 unspecified atom stereocenters. The van der Waals surface area contributed by atoms with Crippen molar-refractivity contribution in [3.05, 3.63) is 64.3 Å². The summed E-state index contributed by atoms with van der Waals surface area (Å²) in [5.41, 5.74) is 2.58. The molecule has 0 spiro atoms. The number of phenolic OH excluding ortho intramolecular Hbond substituents is 1. The molecule has 122 valence electrons. The molecule has 0 aliphatic carbocycles. The number of halogens is 1. The third-order valence-corrected chi connectivity index (χ3v) is 3.57. The Morgan fingerprint density at radius 1 is 1.21 bits per heavy atom. The quantitative estimate of drug-likeness (QED) is 0.443. The Labute approximate surface area is 145 Å². The van der Waals surface area contributed by atoms with Crippen molar-refractivity contribution in [1.29, 1.82) is 5.26 Å². The fraction of sp³-hybridized carbons (Fsp3) is 0.111. The van der Waals surface area contributed by atoms with Crippen LogP contribution in [0.4, 0.5) is 11.4 Å². The fourth-order valence-electron chi connectivity index (χ4n) is 1.98. The van der Waals surface area contributed by atoms with E-state index in [4.69, 9.17) is 11.6 Å². The van der Waals surface area contributed by atoms with Gasteiger partial charge in [0.05, 0.1) is 5.69 Å². The Balaban J connectivity index is 2.18. The van der Waals surface area contributed by atoms with Gasteiger partial charge >= 0.3 is 0 Å². The van der Waals surface area contributed by atoms with Crippen LogP contribution in [0.15, 0.2) is 48.2 Å². The van der Waals surface area contributed by atoms with Gasteiger partial charge in [0.2, 0.25) is 0 Å². The van der Waals surface area contributed by atoms with Crippen molar-refractivity contribution in [1.82, 2.24) is 0 Å². The number of carbonyl (C=O) groups excluding carboxylic acids is 1. The van der Waals surface area contributed by atoms with Crippen molar-refractivity contribution in [2.75, 3.05) is 10.6 Å². The van der Waals surface area contributed by atoms with Gasteiger partial charge in [-0.3, -0.25) is 4.79 Å². The number of carbonyl (C=O) groups is 1. The zero-order valence-electron chi connectivity index (χ0n) is 13.2. The van der Waals surface area contributed by atoms with E-state index in [-0.39, 0.29) is 11.3 Å². The van der Waals surface area contributed by atoms with Crippen molar-refractivity contribution >= 4 is 28.9 Å². The van der Waals surface area contributed by atoms with Crippen LogP contribution in [0.25, 0.3) is 0 Å². The zero-order chi connectivity index (χ0) is 17.7. The van der Waals surface area contributed by atoms with Crippen LogP contribution in [0.3, 0.4) is 0 Å². The summed E-state index contributed by atoms with van der Waals surface area (Å²) < 4.78 is 0. The van der Waals surface area contributed by atoms with E-state index in [0.717, 1.165) is 11.1 Å². The Morgan fingerprint density at radius 2 is 1.96 bits per heavy atom. The lowest BCUT2D eigenvalue weighted by atomic mass is 10.2. The number of hydrogen-bond donors (Lipinski definition) is 3. The van der Waals surface area contributed by atoms with Crippen LogP contribution in [0.2, 0.25) is 5.02 Å². The molecule has 3 N–H and O–H groups in total. The number of nitrogens with zero attached hydrogens (tertiary/aromatic N) is 1. The third-order valence-electron chi connectivity index (χ3n) is 3.34. The summed E-state index contributed by atoms with van der Waals surface area (Å²) in [7, 11) is 0. The van der Waals surface area contributed by atoms with E-state index in [1.165, 1.54) is 12.3 Å². The van der Waals surface area contributed by atoms with Crippen molar-refractivity contribution in [3.8, 4) is 11.8 Å². The van der Waals surface area contributed by atoms with Crippen molar-refractivity contribution in [3.63, 3.8) is 0 Å². The number of nitrogens with one attached hydrogen (secondary N) is 2. The Hall–Kier alpha value is -2.97. The minimum absolute atomic E-state index is 0.0280. The first-order chi connectivity index (χ1) is 11.4. The summed E-state index contributed by atoms with van der Waals surface area (Å²) in [6.07, 6.45) is 1.25. The smallest absolute Gasteiger partial charge is 0.267 e. The maximum atomic E-state index is 12.2. The summed E-state index contributed by atoms with van der Waals surface area (Å²) in [5, 5.41) is 24.9. The average Bonchev–Trinajstić information content (AvgIpc) is 2.54. The number of phenols is 1. The number of hydrogen-bond acceptors (Lipinski definition) is 4. The molecule has 0 radical (unpaired) electrons. The highest BCUT2D eigenvalue weighted by Gasteiger charge is 2.11. The molecule has 0 saturated carbocycles. The molecule has 0 fully saturated rings. The van der Waals surface area contributed by atoms with Crippen LogP contribution in [-0.4, -0.2) is 11.0 Å². The lowest BCUT2D eigenvalue weighted by Gasteiger charge is -2.09. The summed E-state index contributed by atoms with van der Waals surface area (Å²) in [4.78, 5) is 12.2. The minimum atomic E-state index is -0.567. The highest BCUT2D eigenvalue weighted by molar-refractivity contribution is 6.31.